The summed E-state index contributed by atoms with van der Waals surface area (Å²) in [6.45, 7) is 2.40. The lowest BCUT2D eigenvalue weighted by atomic mass is 10.2. The van der Waals surface area contributed by atoms with E-state index in [1.54, 1.807) is 7.05 Å². The van der Waals surface area contributed by atoms with E-state index < -0.39 is 9.84 Å². The largest absolute Gasteiger partial charge is 0.329 e. The summed E-state index contributed by atoms with van der Waals surface area (Å²) in [5.74, 6) is -0.305. The van der Waals surface area contributed by atoms with Gasteiger partial charge in [-0.05, 0) is 37.3 Å². The van der Waals surface area contributed by atoms with E-state index in [2.05, 4.69) is 5.32 Å². The zero-order valence-corrected chi connectivity index (χ0v) is 16.9. The number of carbonyl (C=O) groups excluding carboxylic acids is 1. The molecular weight excluding hydrogens is 395 g/mol. The number of nitrogens with one attached hydrogen (secondary N) is 2. The number of amides is 1. The van der Waals surface area contributed by atoms with E-state index in [-0.39, 0.29) is 34.7 Å². The van der Waals surface area contributed by atoms with Crippen molar-refractivity contribution in [3.05, 3.63) is 58.1 Å². The van der Waals surface area contributed by atoms with Gasteiger partial charge < -0.3 is 10.2 Å². The highest BCUT2D eigenvalue weighted by molar-refractivity contribution is 7.91. The highest BCUT2D eigenvalue weighted by atomic mass is 35.5. The Morgan fingerprint density at radius 3 is 2.42 bits per heavy atom. The van der Waals surface area contributed by atoms with Crippen LogP contribution in [0.1, 0.15) is 5.56 Å². The lowest BCUT2D eigenvalue weighted by molar-refractivity contribution is -0.868. The molecule has 5 nitrogen and oxygen atoms in total. The van der Waals surface area contributed by atoms with Gasteiger partial charge in [-0.15, -0.1) is 0 Å². The van der Waals surface area contributed by atoms with Gasteiger partial charge in [-0.1, -0.05) is 40.9 Å². The molecule has 0 saturated heterocycles. The molecule has 140 valence electrons. The second kappa shape index (κ2) is 8.86. The Hall–Kier alpha value is -1.60. The molecule has 1 unspecified atom stereocenters. The summed E-state index contributed by atoms with van der Waals surface area (Å²) in [6, 6.07) is 11.8. The number of rotatable bonds is 7. The quantitative estimate of drug-likeness (QED) is 0.728. The lowest BCUT2D eigenvalue weighted by Gasteiger charge is -2.14. The summed E-state index contributed by atoms with van der Waals surface area (Å²) in [4.78, 5) is 12.9. The minimum Gasteiger partial charge on any atom is -0.329 e. The number of sulfone groups is 1. The van der Waals surface area contributed by atoms with Gasteiger partial charge in [0.15, 0.2) is 16.4 Å². The van der Waals surface area contributed by atoms with Crippen molar-refractivity contribution in [1.82, 2.24) is 0 Å². The third-order valence-corrected chi connectivity index (χ3v) is 6.25. The van der Waals surface area contributed by atoms with E-state index in [1.807, 2.05) is 31.2 Å². The van der Waals surface area contributed by atoms with Gasteiger partial charge in [-0.2, -0.15) is 0 Å². The minimum absolute atomic E-state index is 0.0172. The van der Waals surface area contributed by atoms with Crippen molar-refractivity contribution < 1.29 is 18.1 Å². The second-order valence-corrected chi connectivity index (χ2v) is 9.11. The molecular formula is C18H21Cl2N2O3S+. The van der Waals surface area contributed by atoms with Crippen molar-refractivity contribution in [3.63, 3.8) is 0 Å². The lowest BCUT2D eigenvalue weighted by Crippen LogP contribution is -3.10. The molecule has 2 aromatic carbocycles. The third-order valence-electron chi connectivity index (χ3n) is 3.82. The Balaban J connectivity index is 1.91. The topological polar surface area (TPSA) is 67.7 Å². The van der Waals surface area contributed by atoms with Gasteiger partial charge in [-0.25, -0.2) is 8.42 Å². The molecule has 0 spiro atoms. The second-order valence-electron chi connectivity index (χ2n) is 6.19. The summed E-state index contributed by atoms with van der Waals surface area (Å²) >= 11 is 11.8. The Kier molecular flexibility index (Phi) is 7.06. The molecule has 0 bridgehead atoms. The molecule has 1 atom stereocenters. The van der Waals surface area contributed by atoms with Crippen LogP contribution >= 0.6 is 23.2 Å². The van der Waals surface area contributed by atoms with Crippen LogP contribution < -0.4 is 10.2 Å². The molecule has 0 aliphatic heterocycles. The molecule has 0 aliphatic carbocycles. The van der Waals surface area contributed by atoms with E-state index in [4.69, 9.17) is 23.2 Å². The normalized spacial score (nSPS) is 12.6. The summed E-state index contributed by atoms with van der Waals surface area (Å²) in [7, 11) is -1.81. The van der Waals surface area contributed by atoms with Gasteiger partial charge in [0, 0.05) is 10.7 Å². The maximum atomic E-state index is 12.5. The Bertz CT molecular complexity index is 884. The molecule has 2 N–H and O–H groups in total. The molecule has 0 heterocycles. The van der Waals surface area contributed by atoms with Crippen LogP contribution in [0.15, 0.2) is 47.4 Å². The highest BCUT2D eigenvalue weighted by Gasteiger charge is 2.21. The number of halogens is 2. The number of carbonyl (C=O) groups is 1. The van der Waals surface area contributed by atoms with Gasteiger partial charge in [0.2, 0.25) is 0 Å². The molecule has 0 fully saturated rings. The summed E-state index contributed by atoms with van der Waals surface area (Å²) in [5, 5.41) is 3.25. The fraction of sp³-hybridized carbons (Fsp3) is 0.278. The maximum absolute atomic E-state index is 12.5. The summed E-state index contributed by atoms with van der Waals surface area (Å²) < 4.78 is 24.9. The summed E-state index contributed by atoms with van der Waals surface area (Å²) in [5.41, 5.74) is 1.82. The molecule has 0 saturated carbocycles. The number of likely N-dealkylation sites (N-methyl/N-ethyl adjacent to an activating group) is 1. The Labute approximate surface area is 163 Å². The third kappa shape index (κ3) is 5.99. The van der Waals surface area contributed by atoms with Crippen LogP contribution in [-0.4, -0.2) is 40.2 Å². The fourth-order valence-electron chi connectivity index (χ4n) is 2.34. The van der Waals surface area contributed by atoms with E-state index in [1.165, 1.54) is 18.2 Å². The first-order valence-electron chi connectivity index (χ1n) is 8.03. The number of benzene rings is 2. The molecule has 2 rings (SSSR count). The maximum Gasteiger partial charge on any atom is 0.279 e. The van der Waals surface area contributed by atoms with Crippen molar-refractivity contribution in [3.8, 4) is 0 Å². The smallest absolute Gasteiger partial charge is 0.279 e. The predicted molar refractivity (Wildman–Crippen MR) is 105 cm³/mol. The SMILES string of the molecule is Cc1ccc(NC(=O)C[NH+](C)CCS(=O)(=O)c2cc(Cl)ccc2Cl)cc1. The number of anilines is 1. The van der Waals surface area contributed by atoms with E-state index >= 15 is 0 Å². The van der Waals surface area contributed by atoms with Crippen molar-refractivity contribution in [2.24, 2.45) is 0 Å². The van der Waals surface area contributed by atoms with Crippen molar-refractivity contribution >= 4 is 44.6 Å². The van der Waals surface area contributed by atoms with E-state index in [9.17, 15) is 13.2 Å². The standard InChI is InChI=1S/C18H20Cl2N2O3S/c1-13-3-6-15(7-4-13)21-18(23)12-22(2)9-10-26(24,25)17-11-14(19)5-8-16(17)20/h3-8,11H,9-10,12H2,1-2H3,(H,21,23)/p+1. The van der Waals surface area contributed by atoms with Crippen LogP contribution in [0.5, 0.6) is 0 Å². The molecule has 8 heteroatoms. The molecule has 0 aromatic heterocycles. The summed E-state index contributed by atoms with van der Waals surface area (Å²) in [6.07, 6.45) is 0. The number of hydrogen-bond donors (Lipinski definition) is 2. The van der Waals surface area contributed by atoms with Crippen molar-refractivity contribution in [2.45, 2.75) is 11.8 Å². The van der Waals surface area contributed by atoms with Crippen molar-refractivity contribution in [1.29, 1.82) is 0 Å². The van der Waals surface area contributed by atoms with Crippen LogP contribution in [0, 0.1) is 6.92 Å². The van der Waals surface area contributed by atoms with Gasteiger partial charge >= 0.3 is 0 Å². The molecule has 26 heavy (non-hydrogen) atoms. The monoisotopic (exact) mass is 415 g/mol. The van der Waals surface area contributed by atoms with Gasteiger partial charge in [0.25, 0.3) is 5.91 Å². The van der Waals surface area contributed by atoms with Gasteiger partial charge in [0.1, 0.15) is 5.75 Å². The van der Waals surface area contributed by atoms with Crippen LogP contribution in [0.2, 0.25) is 10.0 Å². The molecule has 2 aromatic rings. The average Bonchev–Trinajstić information content (AvgIpc) is 2.57. The van der Waals surface area contributed by atoms with Gasteiger partial charge in [-0.3, -0.25) is 4.79 Å². The highest BCUT2D eigenvalue weighted by Crippen LogP contribution is 2.25. The number of aryl methyl sites for hydroxylation is 1. The first-order chi connectivity index (χ1) is 12.2. The minimum atomic E-state index is -3.58. The zero-order valence-electron chi connectivity index (χ0n) is 14.6. The average molecular weight is 416 g/mol. The zero-order chi connectivity index (χ0) is 19.3. The molecule has 0 radical (unpaired) electrons. The van der Waals surface area contributed by atoms with Crippen LogP contribution in [0.3, 0.4) is 0 Å². The molecule has 1 amide bonds. The molecule has 0 aliphatic rings. The van der Waals surface area contributed by atoms with Crippen LogP contribution in [0.4, 0.5) is 5.69 Å². The van der Waals surface area contributed by atoms with Crippen LogP contribution in [-0.2, 0) is 14.6 Å². The van der Waals surface area contributed by atoms with Gasteiger partial charge in [0.05, 0.1) is 23.5 Å². The number of quaternary nitrogens is 1. The predicted octanol–water partition coefficient (Wildman–Crippen LogP) is 2.23. The fourth-order valence-corrected chi connectivity index (χ4v) is 4.55. The Morgan fingerprint density at radius 2 is 1.77 bits per heavy atom. The first-order valence-corrected chi connectivity index (χ1v) is 10.4. The van der Waals surface area contributed by atoms with Crippen molar-refractivity contribution in [2.75, 3.05) is 31.2 Å². The van der Waals surface area contributed by atoms with E-state index in [0.717, 1.165) is 10.5 Å². The number of hydrogen-bond acceptors (Lipinski definition) is 3. The first kappa shape index (κ1) is 20.7. The van der Waals surface area contributed by atoms with E-state index in [0.29, 0.717) is 10.7 Å². The van der Waals surface area contributed by atoms with Crippen LogP contribution in [0.25, 0.3) is 0 Å². The Morgan fingerprint density at radius 1 is 1.12 bits per heavy atom.